The van der Waals surface area contributed by atoms with Gasteiger partial charge in [-0.25, -0.2) is 4.98 Å². The van der Waals surface area contributed by atoms with Gasteiger partial charge in [-0.1, -0.05) is 18.5 Å². The van der Waals surface area contributed by atoms with Crippen molar-refractivity contribution in [1.82, 2.24) is 15.3 Å². The first-order valence-corrected chi connectivity index (χ1v) is 9.02. The van der Waals surface area contributed by atoms with Gasteiger partial charge in [0, 0.05) is 12.7 Å². The molecule has 0 fully saturated rings. The van der Waals surface area contributed by atoms with Crippen LogP contribution in [0.25, 0.3) is 0 Å². The Balaban J connectivity index is 2.31. The number of Topliss-reactive ketones (excluding diaryl/α,β-unsaturated/α-hetero) is 1. The summed E-state index contributed by atoms with van der Waals surface area (Å²) >= 11 is 5.83. The number of nitrogens with one attached hydrogen (secondary N) is 1. The largest absolute Gasteiger partial charge is 0.493 e. The smallest absolute Gasteiger partial charge is 0.257 e. The van der Waals surface area contributed by atoms with E-state index >= 15 is 0 Å². The number of hydrogen-bond donors (Lipinski definition) is 1. The number of amides is 1. The minimum Gasteiger partial charge on any atom is -0.493 e. The van der Waals surface area contributed by atoms with E-state index in [1.165, 1.54) is 26.6 Å². The summed E-state index contributed by atoms with van der Waals surface area (Å²) in [5.74, 6) is 0.153. The number of methoxy groups -OCH3 is 2. The molecule has 0 unspecified atom stereocenters. The van der Waals surface area contributed by atoms with Gasteiger partial charge in [-0.05, 0) is 18.6 Å². The second-order valence-corrected chi connectivity index (χ2v) is 6.14. The van der Waals surface area contributed by atoms with Crippen molar-refractivity contribution in [2.24, 2.45) is 0 Å². The van der Waals surface area contributed by atoms with E-state index in [9.17, 15) is 9.59 Å². The van der Waals surface area contributed by atoms with E-state index in [1.54, 1.807) is 12.1 Å². The molecular formula is C19H22ClN3O5. The normalized spacial score (nSPS) is 10.3. The van der Waals surface area contributed by atoms with Gasteiger partial charge in [-0.15, -0.1) is 0 Å². The van der Waals surface area contributed by atoms with Crippen LogP contribution in [0.1, 0.15) is 29.4 Å². The Morgan fingerprint density at radius 2 is 1.93 bits per heavy atom. The van der Waals surface area contributed by atoms with Crippen LogP contribution in [0.4, 0.5) is 0 Å². The lowest BCUT2D eigenvalue weighted by Crippen LogP contribution is -2.29. The summed E-state index contributed by atoms with van der Waals surface area (Å²) in [4.78, 5) is 32.8. The molecule has 2 aromatic rings. The topological polar surface area (TPSA) is 99.6 Å². The molecule has 0 aliphatic rings. The average Bonchev–Trinajstić information content (AvgIpc) is 2.69. The van der Waals surface area contributed by atoms with E-state index in [1.807, 2.05) is 6.92 Å². The lowest BCUT2D eigenvalue weighted by atomic mass is 10.0. The van der Waals surface area contributed by atoms with Gasteiger partial charge in [0.15, 0.2) is 23.9 Å². The van der Waals surface area contributed by atoms with Gasteiger partial charge >= 0.3 is 0 Å². The number of rotatable bonds is 10. The average molecular weight is 408 g/mol. The third-order valence-corrected chi connectivity index (χ3v) is 3.90. The molecule has 1 heterocycles. The van der Waals surface area contributed by atoms with Gasteiger partial charge in [-0.2, -0.15) is 0 Å². The van der Waals surface area contributed by atoms with Crippen LogP contribution in [0.3, 0.4) is 0 Å². The molecule has 0 saturated heterocycles. The molecule has 0 spiro atoms. The Morgan fingerprint density at radius 1 is 1.14 bits per heavy atom. The van der Waals surface area contributed by atoms with E-state index in [2.05, 4.69) is 15.3 Å². The predicted octanol–water partition coefficient (Wildman–Crippen LogP) is 2.48. The summed E-state index contributed by atoms with van der Waals surface area (Å²) < 4.78 is 16.3. The van der Waals surface area contributed by atoms with E-state index in [4.69, 9.17) is 25.8 Å². The summed E-state index contributed by atoms with van der Waals surface area (Å²) in [6, 6.07) is 3.15. The van der Waals surface area contributed by atoms with Crippen LogP contribution >= 0.6 is 11.6 Å². The Morgan fingerprint density at radius 3 is 2.57 bits per heavy atom. The summed E-state index contributed by atoms with van der Waals surface area (Å²) in [6.45, 7) is 2.22. The van der Waals surface area contributed by atoms with Crippen LogP contribution in [0.15, 0.2) is 24.5 Å². The Hall–Kier alpha value is -2.87. The van der Waals surface area contributed by atoms with Crippen LogP contribution in [0.2, 0.25) is 5.15 Å². The summed E-state index contributed by atoms with van der Waals surface area (Å²) in [7, 11) is 2.90. The molecule has 150 valence electrons. The number of benzene rings is 1. The molecule has 0 aliphatic carbocycles. The Kier molecular flexibility index (Phi) is 8.01. The molecular weight excluding hydrogens is 386 g/mol. The zero-order valence-electron chi connectivity index (χ0n) is 16.0. The molecule has 0 atom stereocenters. The molecule has 28 heavy (non-hydrogen) atoms. The number of carbonyl (C=O) groups excluding carboxylic acids is 2. The first kappa shape index (κ1) is 21.4. The van der Waals surface area contributed by atoms with E-state index in [0.29, 0.717) is 18.0 Å². The molecule has 1 aromatic carbocycles. The number of ketones is 1. The zero-order valence-corrected chi connectivity index (χ0v) is 16.7. The van der Waals surface area contributed by atoms with Gasteiger partial charge in [0.1, 0.15) is 5.15 Å². The van der Waals surface area contributed by atoms with Crippen LogP contribution in [-0.2, 0) is 11.2 Å². The zero-order chi connectivity index (χ0) is 20.5. The third-order valence-electron chi connectivity index (χ3n) is 3.72. The van der Waals surface area contributed by atoms with Crippen molar-refractivity contribution in [2.75, 3.05) is 27.4 Å². The lowest BCUT2D eigenvalue weighted by Gasteiger charge is -2.17. The first-order chi connectivity index (χ1) is 13.5. The van der Waals surface area contributed by atoms with Crippen molar-refractivity contribution in [3.8, 4) is 17.2 Å². The molecule has 1 N–H and O–H groups in total. The van der Waals surface area contributed by atoms with Gasteiger partial charge in [0.25, 0.3) is 5.91 Å². The molecule has 0 radical (unpaired) electrons. The number of hydrogen-bond acceptors (Lipinski definition) is 7. The quantitative estimate of drug-likeness (QED) is 0.604. The second kappa shape index (κ2) is 10.5. The first-order valence-electron chi connectivity index (χ1n) is 8.64. The maximum atomic E-state index is 12.8. The fourth-order valence-electron chi connectivity index (χ4n) is 2.44. The monoisotopic (exact) mass is 407 g/mol. The molecule has 1 amide bonds. The highest BCUT2D eigenvalue weighted by atomic mass is 35.5. The molecule has 2 rings (SSSR count). The molecule has 0 aliphatic heterocycles. The van der Waals surface area contributed by atoms with Crippen LogP contribution in [0, 0.1) is 0 Å². The maximum absolute atomic E-state index is 12.8. The van der Waals surface area contributed by atoms with Crippen molar-refractivity contribution < 1.29 is 23.8 Å². The number of aromatic nitrogens is 2. The van der Waals surface area contributed by atoms with Crippen LogP contribution in [0.5, 0.6) is 17.2 Å². The minimum absolute atomic E-state index is 0.0402. The van der Waals surface area contributed by atoms with Crippen molar-refractivity contribution in [3.63, 3.8) is 0 Å². The predicted molar refractivity (Wildman–Crippen MR) is 103 cm³/mol. The molecule has 1 aromatic heterocycles. The highest BCUT2D eigenvalue weighted by Crippen LogP contribution is 2.40. The van der Waals surface area contributed by atoms with E-state index < -0.39 is 0 Å². The minimum atomic E-state index is -0.300. The molecule has 0 saturated carbocycles. The molecule has 8 nitrogen and oxygen atoms in total. The van der Waals surface area contributed by atoms with Crippen molar-refractivity contribution in [3.05, 3.63) is 40.9 Å². The van der Waals surface area contributed by atoms with Crippen LogP contribution < -0.4 is 19.5 Å². The van der Waals surface area contributed by atoms with Gasteiger partial charge < -0.3 is 19.5 Å². The Bertz CT molecular complexity index is 844. The number of carbonyl (C=O) groups is 2. The van der Waals surface area contributed by atoms with Crippen LogP contribution in [-0.4, -0.2) is 49.0 Å². The standard InChI is InChI=1S/C19H22ClN3O5/c1-4-7-22-17(25)11-28-18-13(5-6-15(26-2)19(18)27-3)14(24)8-12-9-21-10-16(20)23-12/h5-6,9-10H,4,7-8,11H2,1-3H3,(H,22,25). The number of halogens is 1. The third kappa shape index (κ3) is 5.56. The second-order valence-electron chi connectivity index (χ2n) is 5.75. The van der Waals surface area contributed by atoms with Gasteiger partial charge in [0.05, 0.1) is 38.1 Å². The summed E-state index contributed by atoms with van der Waals surface area (Å²) in [6.07, 6.45) is 3.61. The fourth-order valence-corrected chi connectivity index (χ4v) is 2.60. The number of ether oxygens (including phenoxy) is 3. The Labute approximate surface area is 168 Å². The van der Waals surface area contributed by atoms with E-state index in [0.717, 1.165) is 6.42 Å². The van der Waals surface area contributed by atoms with E-state index in [-0.39, 0.29) is 46.9 Å². The molecule has 0 bridgehead atoms. The molecule has 9 heteroatoms. The van der Waals surface area contributed by atoms with Crippen molar-refractivity contribution >= 4 is 23.3 Å². The van der Waals surface area contributed by atoms with Crippen molar-refractivity contribution in [1.29, 1.82) is 0 Å². The number of nitrogens with zero attached hydrogens (tertiary/aromatic N) is 2. The highest BCUT2D eigenvalue weighted by molar-refractivity contribution is 6.29. The fraction of sp³-hybridized carbons (Fsp3) is 0.368. The summed E-state index contributed by atoms with van der Waals surface area (Å²) in [5, 5.41) is 2.91. The van der Waals surface area contributed by atoms with Crippen molar-refractivity contribution in [2.45, 2.75) is 19.8 Å². The summed E-state index contributed by atoms with van der Waals surface area (Å²) in [5.41, 5.74) is 0.654. The lowest BCUT2D eigenvalue weighted by molar-refractivity contribution is -0.123. The van der Waals surface area contributed by atoms with Gasteiger partial charge in [0.2, 0.25) is 5.75 Å². The highest BCUT2D eigenvalue weighted by Gasteiger charge is 2.22. The SMILES string of the molecule is CCCNC(=O)COc1c(C(=O)Cc2cncc(Cl)n2)ccc(OC)c1OC. The maximum Gasteiger partial charge on any atom is 0.257 e. The van der Waals surface area contributed by atoms with Gasteiger partial charge in [-0.3, -0.25) is 14.6 Å².